The monoisotopic (exact) mass is 322 g/mol. The largest absolute Gasteiger partial charge is 0.472 e. The molecule has 1 unspecified atom stereocenters. The van der Waals surface area contributed by atoms with E-state index < -0.39 is 5.95 Å². The lowest BCUT2D eigenvalue weighted by Crippen LogP contribution is -2.31. The molecule has 2 aromatic rings. The number of likely N-dealkylation sites (tertiary alicyclic amines) is 1. The number of hydrogen-bond donors (Lipinski definition) is 0. The van der Waals surface area contributed by atoms with Crippen LogP contribution < -0.4 is 4.74 Å². The van der Waals surface area contributed by atoms with Crippen molar-refractivity contribution in [3.05, 3.63) is 47.4 Å². The standard InChI is InChI=1S/C14H12ClFN4O2/c15-11-7-17-6-10(18-11)14(21)20-5-4-9(8-20)22-13-3-1-2-12(16)19-13/h1-3,6-7,9H,4-5,8H2. The number of hydrogen-bond acceptors (Lipinski definition) is 5. The van der Waals surface area contributed by atoms with E-state index in [1.165, 1.54) is 24.5 Å². The predicted molar refractivity (Wildman–Crippen MR) is 76.2 cm³/mol. The molecule has 22 heavy (non-hydrogen) atoms. The molecule has 3 rings (SSSR count). The van der Waals surface area contributed by atoms with Crippen LogP contribution in [0.15, 0.2) is 30.6 Å². The molecule has 2 aromatic heterocycles. The molecule has 1 saturated heterocycles. The van der Waals surface area contributed by atoms with Crippen molar-refractivity contribution in [3.8, 4) is 5.88 Å². The minimum absolute atomic E-state index is 0.168. The van der Waals surface area contributed by atoms with Gasteiger partial charge in [0, 0.05) is 19.0 Å². The van der Waals surface area contributed by atoms with Gasteiger partial charge in [0.25, 0.3) is 5.91 Å². The Morgan fingerprint density at radius 3 is 3.00 bits per heavy atom. The maximum atomic E-state index is 13.0. The Hall–Kier alpha value is -2.28. The van der Waals surface area contributed by atoms with Crippen LogP contribution in [0.25, 0.3) is 0 Å². The van der Waals surface area contributed by atoms with Gasteiger partial charge in [0.2, 0.25) is 11.8 Å². The van der Waals surface area contributed by atoms with Crippen LogP contribution in [0.1, 0.15) is 16.9 Å². The number of nitrogens with zero attached hydrogens (tertiary/aromatic N) is 4. The minimum atomic E-state index is -0.599. The summed E-state index contributed by atoms with van der Waals surface area (Å²) in [4.78, 5) is 25.3. The molecule has 0 radical (unpaired) electrons. The van der Waals surface area contributed by atoms with E-state index in [1.54, 1.807) is 11.0 Å². The van der Waals surface area contributed by atoms with Gasteiger partial charge in [0.05, 0.1) is 18.9 Å². The Labute approximate surface area is 130 Å². The van der Waals surface area contributed by atoms with E-state index in [9.17, 15) is 9.18 Å². The van der Waals surface area contributed by atoms with Gasteiger partial charge in [-0.2, -0.15) is 9.37 Å². The molecule has 1 aliphatic rings. The van der Waals surface area contributed by atoms with Gasteiger partial charge in [-0.25, -0.2) is 4.98 Å². The van der Waals surface area contributed by atoms with Crippen LogP contribution in [0.5, 0.6) is 5.88 Å². The van der Waals surface area contributed by atoms with E-state index in [2.05, 4.69) is 15.0 Å². The number of aromatic nitrogens is 3. The summed E-state index contributed by atoms with van der Waals surface area (Å²) in [5.74, 6) is -0.646. The summed E-state index contributed by atoms with van der Waals surface area (Å²) in [5, 5.41) is 0.168. The molecule has 3 heterocycles. The van der Waals surface area contributed by atoms with E-state index in [-0.39, 0.29) is 28.7 Å². The number of rotatable bonds is 3. The molecule has 1 amide bonds. The Balaban J connectivity index is 1.63. The highest BCUT2D eigenvalue weighted by molar-refractivity contribution is 6.29. The van der Waals surface area contributed by atoms with Crippen LogP contribution >= 0.6 is 11.6 Å². The zero-order chi connectivity index (χ0) is 15.5. The average Bonchev–Trinajstić information content (AvgIpc) is 2.95. The summed E-state index contributed by atoms with van der Waals surface area (Å²) < 4.78 is 18.6. The summed E-state index contributed by atoms with van der Waals surface area (Å²) in [7, 11) is 0. The fraction of sp³-hybridized carbons (Fsp3) is 0.286. The normalized spacial score (nSPS) is 17.5. The van der Waals surface area contributed by atoms with Gasteiger partial charge in [-0.15, -0.1) is 0 Å². The molecule has 114 valence electrons. The first-order chi connectivity index (χ1) is 10.6. The van der Waals surface area contributed by atoms with Crippen molar-refractivity contribution in [1.82, 2.24) is 19.9 Å². The van der Waals surface area contributed by atoms with Gasteiger partial charge < -0.3 is 9.64 Å². The second-order valence-corrected chi connectivity index (χ2v) is 5.19. The van der Waals surface area contributed by atoms with Crippen molar-refractivity contribution in [1.29, 1.82) is 0 Å². The van der Waals surface area contributed by atoms with Gasteiger partial charge in [-0.1, -0.05) is 17.7 Å². The lowest BCUT2D eigenvalue weighted by molar-refractivity contribution is 0.0764. The Kier molecular flexibility index (Phi) is 4.15. The van der Waals surface area contributed by atoms with Crippen LogP contribution in [0.3, 0.4) is 0 Å². The molecule has 0 spiro atoms. The Morgan fingerprint density at radius 2 is 2.23 bits per heavy atom. The molecule has 0 N–H and O–H groups in total. The average molecular weight is 323 g/mol. The maximum absolute atomic E-state index is 13.0. The lowest BCUT2D eigenvalue weighted by Gasteiger charge is -2.16. The molecular weight excluding hydrogens is 311 g/mol. The first-order valence-electron chi connectivity index (χ1n) is 6.68. The van der Waals surface area contributed by atoms with E-state index in [4.69, 9.17) is 16.3 Å². The number of carbonyl (C=O) groups excluding carboxylic acids is 1. The highest BCUT2D eigenvalue weighted by Crippen LogP contribution is 2.18. The van der Waals surface area contributed by atoms with Crippen LogP contribution in [0.4, 0.5) is 4.39 Å². The quantitative estimate of drug-likeness (QED) is 0.808. The summed E-state index contributed by atoms with van der Waals surface area (Å²) in [6.07, 6.45) is 3.14. The Bertz CT molecular complexity index is 700. The van der Waals surface area contributed by atoms with E-state index in [0.29, 0.717) is 19.5 Å². The predicted octanol–water partition coefficient (Wildman–Crippen LogP) is 1.96. The number of carbonyl (C=O) groups is 1. The topological polar surface area (TPSA) is 68.2 Å². The van der Waals surface area contributed by atoms with Crippen molar-refractivity contribution in [2.24, 2.45) is 0 Å². The summed E-state index contributed by atoms with van der Waals surface area (Å²) >= 11 is 5.73. The van der Waals surface area contributed by atoms with Crippen LogP contribution in [0.2, 0.25) is 5.15 Å². The summed E-state index contributed by atoms with van der Waals surface area (Å²) in [6, 6.07) is 4.35. The lowest BCUT2D eigenvalue weighted by atomic mass is 10.3. The number of pyridine rings is 1. The molecule has 0 aromatic carbocycles. The fourth-order valence-corrected chi connectivity index (χ4v) is 2.39. The molecule has 1 atom stereocenters. The number of ether oxygens (including phenoxy) is 1. The van der Waals surface area contributed by atoms with Gasteiger partial charge >= 0.3 is 0 Å². The van der Waals surface area contributed by atoms with Crippen molar-refractivity contribution >= 4 is 17.5 Å². The van der Waals surface area contributed by atoms with Crippen molar-refractivity contribution in [2.75, 3.05) is 13.1 Å². The zero-order valence-corrected chi connectivity index (χ0v) is 12.2. The number of amides is 1. The van der Waals surface area contributed by atoms with E-state index in [1.807, 2.05) is 0 Å². The summed E-state index contributed by atoms with van der Waals surface area (Å²) in [6.45, 7) is 0.901. The van der Waals surface area contributed by atoms with E-state index >= 15 is 0 Å². The summed E-state index contributed by atoms with van der Waals surface area (Å²) in [5.41, 5.74) is 0.192. The molecule has 1 fully saturated rings. The SMILES string of the molecule is O=C(c1cncc(Cl)n1)N1CCC(Oc2cccc(F)n2)C1. The van der Waals surface area contributed by atoms with Gasteiger partial charge in [-0.3, -0.25) is 9.78 Å². The first-order valence-corrected chi connectivity index (χ1v) is 7.05. The molecular formula is C14H12ClFN4O2. The maximum Gasteiger partial charge on any atom is 0.274 e. The van der Waals surface area contributed by atoms with Gasteiger partial charge in [0.1, 0.15) is 17.0 Å². The molecule has 0 aliphatic carbocycles. The molecule has 0 saturated carbocycles. The Morgan fingerprint density at radius 1 is 1.36 bits per heavy atom. The zero-order valence-electron chi connectivity index (χ0n) is 11.4. The van der Waals surface area contributed by atoms with Gasteiger partial charge in [0.15, 0.2) is 0 Å². The third-order valence-corrected chi connectivity index (χ3v) is 3.42. The molecule has 0 bridgehead atoms. The fourth-order valence-electron chi connectivity index (χ4n) is 2.24. The third-order valence-electron chi connectivity index (χ3n) is 3.23. The van der Waals surface area contributed by atoms with E-state index in [0.717, 1.165) is 0 Å². The van der Waals surface area contributed by atoms with Crippen molar-refractivity contribution in [2.45, 2.75) is 12.5 Å². The highest BCUT2D eigenvalue weighted by Gasteiger charge is 2.29. The minimum Gasteiger partial charge on any atom is -0.472 e. The van der Waals surface area contributed by atoms with Crippen molar-refractivity contribution in [3.63, 3.8) is 0 Å². The van der Waals surface area contributed by atoms with Gasteiger partial charge in [-0.05, 0) is 6.07 Å². The second-order valence-electron chi connectivity index (χ2n) is 4.81. The smallest absolute Gasteiger partial charge is 0.274 e. The van der Waals surface area contributed by atoms with Crippen LogP contribution in [-0.4, -0.2) is 45.0 Å². The number of halogens is 2. The molecule has 6 nitrogen and oxygen atoms in total. The first kappa shape index (κ1) is 14.6. The van der Waals surface area contributed by atoms with Crippen molar-refractivity contribution < 1.29 is 13.9 Å². The molecule has 1 aliphatic heterocycles. The van der Waals surface area contributed by atoms with Crippen LogP contribution in [-0.2, 0) is 0 Å². The van der Waals surface area contributed by atoms with Crippen LogP contribution in [0, 0.1) is 5.95 Å². The highest BCUT2D eigenvalue weighted by atomic mass is 35.5. The third kappa shape index (κ3) is 3.30. The second kappa shape index (κ2) is 6.23. The molecule has 8 heteroatoms.